The molecule has 1 aromatic carbocycles. The summed E-state index contributed by atoms with van der Waals surface area (Å²) in [7, 11) is 0. The lowest BCUT2D eigenvalue weighted by molar-refractivity contribution is -0.113. The highest BCUT2D eigenvalue weighted by molar-refractivity contribution is 7.99. The van der Waals surface area contributed by atoms with Gasteiger partial charge < -0.3 is 10.1 Å². The number of rotatable bonds is 7. The van der Waals surface area contributed by atoms with Crippen molar-refractivity contribution in [2.75, 3.05) is 11.1 Å². The van der Waals surface area contributed by atoms with Gasteiger partial charge in [0.15, 0.2) is 5.16 Å². The molecule has 0 atom stereocenters. The Morgan fingerprint density at radius 1 is 1.33 bits per heavy atom. The van der Waals surface area contributed by atoms with Crippen molar-refractivity contribution >= 4 is 34.7 Å². The lowest BCUT2D eigenvalue weighted by Crippen LogP contribution is -2.15. The number of carbonyl (C=O) groups is 1. The summed E-state index contributed by atoms with van der Waals surface area (Å²) in [6.45, 7) is -1.18. The molecule has 0 bridgehead atoms. The first-order valence-corrected chi connectivity index (χ1v) is 9.73. The summed E-state index contributed by atoms with van der Waals surface area (Å²) < 4.78 is 28.8. The van der Waals surface area contributed by atoms with Crippen molar-refractivity contribution in [2.45, 2.75) is 18.7 Å². The Balaban J connectivity index is 1.58. The van der Waals surface area contributed by atoms with E-state index in [1.807, 2.05) is 23.6 Å². The van der Waals surface area contributed by atoms with E-state index in [1.54, 1.807) is 24.5 Å². The smallest absolute Gasteiger partial charge is 0.387 e. The molecule has 0 aliphatic carbocycles. The van der Waals surface area contributed by atoms with Gasteiger partial charge in [0.2, 0.25) is 5.91 Å². The third-order valence-corrected chi connectivity index (χ3v) is 5.19. The Morgan fingerprint density at radius 3 is 2.89 bits per heavy atom. The fraction of sp³-hybridized carbons (Fsp3) is 0.167. The van der Waals surface area contributed by atoms with Crippen LogP contribution in [-0.2, 0) is 4.79 Å². The Hall–Kier alpha value is -2.52. The van der Waals surface area contributed by atoms with Gasteiger partial charge in [-0.3, -0.25) is 4.79 Å². The van der Waals surface area contributed by atoms with E-state index >= 15 is 0 Å². The van der Waals surface area contributed by atoms with Crippen LogP contribution in [0.5, 0.6) is 5.75 Å². The number of aromatic nitrogens is 2. The molecule has 0 radical (unpaired) electrons. The number of nitrogens with zero attached hydrogens (tertiary/aromatic N) is 2. The van der Waals surface area contributed by atoms with Gasteiger partial charge in [-0.15, -0.1) is 11.3 Å². The van der Waals surface area contributed by atoms with Gasteiger partial charge in [-0.1, -0.05) is 17.8 Å². The standard InChI is InChI=1S/C18H15F2N3O2S2/c1-11-9-12(25-17(19)20)4-5-13(11)22-16(24)10-27-18-21-7-6-14(23-18)15-3-2-8-26-15/h2-9,17H,10H2,1H3,(H,22,24). The first kappa shape index (κ1) is 19.2. The quantitative estimate of drug-likeness (QED) is 0.448. The van der Waals surface area contributed by atoms with Crippen LogP contribution in [-0.4, -0.2) is 28.2 Å². The molecule has 5 nitrogen and oxygen atoms in total. The van der Waals surface area contributed by atoms with Crippen molar-refractivity contribution in [1.29, 1.82) is 0 Å². The largest absolute Gasteiger partial charge is 0.435 e. The number of benzene rings is 1. The number of anilines is 1. The second kappa shape index (κ2) is 8.92. The van der Waals surface area contributed by atoms with E-state index in [0.29, 0.717) is 16.4 Å². The predicted molar refractivity (Wildman–Crippen MR) is 103 cm³/mol. The van der Waals surface area contributed by atoms with E-state index in [4.69, 9.17) is 0 Å². The molecule has 0 saturated heterocycles. The van der Waals surface area contributed by atoms with E-state index in [2.05, 4.69) is 20.0 Å². The number of nitrogens with one attached hydrogen (secondary N) is 1. The monoisotopic (exact) mass is 407 g/mol. The zero-order valence-electron chi connectivity index (χ0n) is 14.2. The van der Waals surface area contributed by atoms with Gasteiger partial charge in [0, 0.05) is 11.9 Å². The van der Waals surface area contributed by atoms with E-state index in [1.165, 1.54) is 30.0 Å². The molecule has 140 valence electrons. The van der Waals surface area contributed by atoms with Gasteiger partial charge >= 0.3 is 6.61 Å². The van der Waals surface area contributed by atoms with E-state index < -0.39 is 6.61 Å². The second-order valence-corrected chi connectivity index (χ2v) is 7.28. The normalized spacial score (nSPS) is 10.8. The first-order valence-electron chi connectivity index (χ1n) is 7.86. The van der Waals surface area contributed by atoms with Crippen LogP contribution in [0.2, 0.25) is 0 Å². The molecule has 2 aromatic heterocycles. The Labute approximate surface area is 162 Å². The van der Waals surface area contributed by atoms with Crippen LogP contribution >= 0.6 is 23.1 Å². The molecule has 3 rings (SSSR count). The minimum Gasteiger partial charge on any atom is -0.435 e. The third-order valence-electron chi connectivity index (χ3n) is 3.44. The number of ether oxygens (including phenoxy) is 1. The number of halogens is 2. The van der Waals surface area contributed by atoms with Crippen LogP contribution in [0.4, 0.5) is 14.5 Å². The number of aryl methyl sites for hydroxylation is 1. The van der Waals surface area contributed by atoms with Crippen LogP contribution in [0.15, 0.2) is 53.1 Å². The average molecular weight is 407 g/mol. The molecule has 27 heavy (non-hydrogen) atoms. The van der Waals surface area contributed by atoms with E-state index in [9.17, 15) is 13.6 Å². The van der Waals surface area contributed by atoms with Crippen LogP contribution < -0.4 is 10.1 Å². The van der Waals surface area contributed by atoms with Crippen molar-refractivity contribution in [2.24, 2.45) is 0 Å². The topological polar surface area (TPSA) is 64.1 Å². The van der Waals surface area contributed by atoms with Crippen LogP contribution in [0, 0.1) is 6.92 Å². The first-order chi connectivity index (χ1) is 13.0. The van der Waals surface area contributed by atoms with Gasteiger partial charge in [-0.05, 0) is 48.2 Å². The Kier molecular flexibility index (Phi) is 6.36. The molecular formula is C18H15F2N3O2S2. The van der Waals surface area contributed by atoms with Crippen molar-refractivity contribution in [3.63, 3.8) is 0 Å². The fourth-order valence-corrected chi connectivity index (χ4v) is 3.57. The molecule has 2 heterocycles. The highest BCUT2D eigenvalue weighted by Gasteiger charge is 2.10. The number of hydrogen-bond acceptors (Lipinski definition) is 6. The molecule has 3 aromatic rings. The van der Waals surface area contributed by atoms with Crippen LogP contribution in [0.25, 0.3) is 10.6 Å². The number of hydrogen-bond donors (Lipinski definition) is 1. The van der Waals surface area contributed by atoms with E-state index in [0.717, 1.165) is 10.6 Å². The summed E-state index contributed by atoms with van der Waals surface area (Å²) in [4.78, 5) is 21.8. The predicted octanol–water partition coefficient (Wildman–Crippen LogP) is 4.85. The van der Waals surface area contributed by atoms with Gasteiger partial charge in [-0.2, -0.15) is 8.78 Å². The number of alkyl halides is 2. The third kappa shape index (κ3) is 5.48. The zero-order valence-corrected chi connectivity index (χ0v) is 15.8. The molecule has 1 N–H and O–H groups in total. The summed E-state index contributed by atoms with van der Waals surface area (Å²) in [5, 5.41) is 5.22. The molecule has 0 unspecified atom stereocenters. The fourth-order valence-electron chi connectivity index (χ4n) is 2.24. The number of carbonyl (C=O) groups excluding carboxylic acids is 1. The van der Waals surface area contributed by atoms with Crippen molar-refractivity contribution in [1.82, 2.24) is 9.97 Å². The van der Waals surface area contributed by atoms with E-state index in [-0.39, 0.29) is 17.4 Å². The minimum absolute atomic E-state index is 0.0497. The lowest BCUT2D eigenvalue weighted by atomic mass is 10.2. The highest BCUT2D eigenvalue weighted by atomic mass is 32.2. The molecular weight excluding hydrogens is 392 g/mol. The van der Waals surface area contributed by atoms with Crippen LogP contribution in [0.3, 0.4) is 0 Å². The van der Waals surface area contributed by atoms with Crippen molar-refractivity contribution < 1.29 is 18.3 Å². The maximum absolute atomic E-state index is 12.2. The summed E-state index contributed by atoms with van der Waals surface area (Å²) in [5.41, 5.74) is 1.98. The Morgan fingerprint density at radius 2 is 2.19 bits per heavy atom. The number of amides is 1. The molecule has 0 fully saturated rings. The molecule has 0 spiro atoms. The summed E-state index contributed by atoms with van der Waals surface area (Å²) in [6.07, 6.45) is 1.66. The SMILES string of the molecule is Cc1cc(OC(F)F)ccc1NC(=O)CSc1nccc(-c2cccs2)n1. The lowest BCUT2D eigenvalue weighted by Gasteiger charge is -2.10. The van der Waals surface area contributed by atoms with Gasteiger partial charge in [0.05, 0.1) is 16.3 Å². The van der Waals surface area contributed by atoms with Gasteiger partial charge in [0.25, 0.3) is 0 Å². The van der Waals surface area contributed by atoms with Crippen molar-refractivity contribution in [3.05, 3.63) is 53.5 Å². The van der Waals surface area contributed by atoms with Gasteiger partial charge in [-0.25, -0.2) is 9.97 Å². The molecule has 0 aliphatic heterocycles. The number of thioether (sulfide) groups is 1. The molecule has 1 amide bonds. The molecule has 9 heteroatoms. The van der Waals surface area contributed by atoms with Crippen LogP contribution in [0.1, 0.15) is 5.56 Å². The average Bonchev–Trinajstić information content (AvgIpc) is 3.17. The van der Waals surface area contributed by atoms with Crippen molar-refractivity contribution in [3.8, 4) is 16.3 Å². The Bertz CT molecular complexity index is 921. The highest BCUT2D eigenvalue weighted by Crippen LogP contribution is 2.25. The molecule has 0 aliphatic rings. The maximum Gasteiger partial charge on any atom is 0.387 e. The summed E-state index contributed by atoms with van der Waals surface area (Å²) >= 11 is 2.80. The second-order valence-electron chi connectivity index (χ2n) is 5.39. The van der Waals surface area contributed by atoms with Gasteiger partial charge in [0.1, 0.15) is 5.75 Å². The molecule has 0 saturated carbocycles. The maximum atomic E-state index is 12.2. The summed E-state index contributed by atoms with van der Waals surface area (Å²) in [6, 6.07) is 10.1. The minimum atomic E-state index is -2.88. The summed E-state index contributed by atoms with van der Waals surface area (Å²) in [5.74, 6) is -0.0628. The number of thiophene rings is 1. The zero-order chi connectivity index (χ0) is 19.2.